The van der Waals surface area contributed by atoms with E-state index in [0.29, 0.717) is 22.0 Å². The number of carbonyl (C=O) groups excluding carboxylic acids is 1. The summed E-state index contributed by atoms with van der Waals surface area (Å²) in [5.41, 5.74) is 2.81. The van der Waals surface area contributed by atoms with Crippen LogP contribution in [0, 0.1) is 6.92 Å². The van der Waals surface area contributed by atoms with Crippen molar-refractivity contribution in [3.8, 4) is 0 Å². The average molecular weight is 401 g/mol. The monoisotopic (exact) mass is 400 g/mol. The van der Waals surface area contributed by atoms with Gasteiger partial charge in [0.1, 0.15) is 0 Å². The van der Waals surface area contributed by atoms with Crippen molar-refractivity contribution < 1.29 is 4.79 Å². The molecule has 1 saturated carbocycles. The van der Waals surface area contributed by atoms with Crippen molar-refractivity contribution in [2.24, 2.45) is 0 Å². The summed E-state index contributed by atoms with van der Waals surface area (Å²) >= 11 is 2.96. The first-order chi connectivity index (χ1) is 13.0. The highest BCUT2D eigenvalue weighted by atomic mass is 32.2. The van der Waals surface area contributed by atoms with E-state index in [1.54, 1.807) is 16.5 Å². The van der Waals surface area contributed by atoms with Gasteiger partial charge in [0.05, 0.1) is 11.4 Å². The highest BCUT2D eigenvalue weighted by molar-refractivity contribution is 7.98. The van der Waals surface area contributed by atoms with Crippen LogP contribution in [0.3, 0.4) is 0 Å². The molecule has 0 bridgehead atoms. The molecule has 2 aromatic heterocycles. The van der Waals surface area contributed by atoms with Gasteiger partial charge in [-0.1, -0.05) is 23.9 Å². The van der Waals surface area contributed by atoms with Gasteiger partial charge >= 0.3 is 0 Å². The van der Waals surface area contributed by atoms with Crippen LogP contribution in [0.25, 0.3) is 0 Å². The van der Waals surface area contributed by atoms with E-state index >= 15 is 0 Å². The Labute approximate surface area is 165 Å². The van der Waals surface area contributed by atoms with E-state index in [9.17, 15) is 4.79 Å². The van der Waals surface area contributed by atoms with Crippen LogP contribution < -0.4 is 10.7 Å². The van der Waals surface area contributed by atoms with Crippen LogP contribution in [0.15, 0.2) is 34.8 Å². The van der Waals surface area contributed by atoms with Crippen molar-refractivity contribution in [3.63, 3.8) is 0 Å². The Morgan fingerprint density at radius 3 is 2.93 bits per heavy atom. The summed E-state index contributed by atoms with van der Waals surface area (Å²) in [5, 5.41) is 11.7. The van der Waals surface area contributed by atoms with Gasteiger partial charge in [0.2, 0.25) is 11.1 Å². The summed E-state index contributed by atoms with van der Waals surface area (Å²) in [5.74, 6) is 7.97. The molecule has 0 unspecified atom stereocenters. The Hall–Kier alpha value is -2.39. The molecule has 0 aliphatic heterocycles. The summed E-state index contributed by atoms with van der Waals surface area (Å²) in [6, 6.07) is 7.84. The van der Waals surface area contributed by atoms with Crippen LogP contribution in [0.2, 0.25) is 0 Å². The molecule has 1 fully saturated rings. The number of thiazole rings is 1. The van der Waals surface area contributed by atoms with E-state index in [2.05, 4.69) is 15.2 Å². The quantitative estimate of drug-likeness (QED) is 0.502. The smallest absolute Gasteiger partial charge is 0.230 e. The van der Waals surface area contributed by atoms with Crippen LogP contribution in [0.1, 0.15) is 42.8 Å². The van der Waals surface area contributed by atoms with Crippen LogP contribution in [-0.2, 0) is 10.5 Å². The molecule has 0 atom stereocenters. The molecule has 140 valence electrons. The molecule has 0 spiro atoms. The van der Waals surface area contributed by atoms with Crippen molar-refractivity contribution in [2.45, 2.75) is 43.5 Å². The average Bonchev–Trinajstić information content (AvgIpc) is 3.25. The van der Waals surface area contributed by atoms with Gasteiger partial charge in [-0.25, -0.2) is 9.66 Å². The first kappa shape index (κ1) is 18.0. The molecule has 2 heterocycles. The lowest BCUT2D eigenvalue weighted by molar-refractivity contribution is -0.115. The van der Waals surface area contributed by atoms with Gasteiger partial charge in [-0.3, -0.25) is 9.69 Å². The van der Waals surface area contributed by atoms with Gasteiger partial charge in [-0.15, -0.1) is 21.5 Å². The minimum atomic E-state index is -0.0649. The third-order valence-electron chi connectivity index (χ3n) is 4.29. The van der Waals surface area contributed by atoms with Crippen LogP contribution in [0.4, 0.5) is 10.8 Å². The number of aromatic nitrogens is 4. The molecule has 27 heavy (non-hydrogen) atoms. The number of thioether (sulfide) groups is 1. The molecule has 0 saturated heterocycles. The summed E-state index contributed by atoms with van der Waals surface area (Å²) in [6.45, 7) is 3.55. The van der Waals surface area contributed by atoms with E-state index < -0.39 is 0 Å². The molecular weight excluding hydrogens is 380 g/mol. The van der Waals surface area contributed by atoms with Gasteiger partial charge in [0.15, 0.2) is 11.0 Å². The zero-order valence-electron chi connectivity index (χ0n) is 15.1. The van der Waals surface area contributed by atoms with Crippen molar-refractivity contribution in [1.29, 1.82) is 0 Å². The second kappa shape index (κ2) is 7.32. The van der Waals surface area contributed by atoms with E-state index in [1.807, 2.05) is 36.6 Å². The van der Waals surface area contributed by atoms with Gasteiger partial charge in [-0.05, 0) is 37.5 Å². The zero-order valence-corrected chi connectivity index (χ0v) is 16.8. The van der Waals surface area contributed by atoms with Crippen molar-refractivity contribution in [3.05, 3.63) is 46.7 Å². The Balaban J connectivity index is 1.49. The lowest BCUT2D eigenvalue weighted by atomic mass is 10.2. The number of nitrogen functional groups attached to an aromatic ring is 1. The lowest BCUT2D eigenvalue weighted by Crippen LogP contribution is -2.22. The molecule has 3 aromatic rings. The van der Waals surface area contributed by atoms with Crippen molar-refractivity contribution in [2.75, 3.05) is 10.7 Å². The van der Waals surface area contributed by atoms with Gasteiger partial charge in [-0.2, -0.15) is 0 Å². The summed E-state index contributed by atoms with van der Waals surface area (Å²) in [4.78, 5) is 18.5. The summed E-state index contributed by atoms with van der Waals surface area (Å²) < 4.78 is 1.59. The first-order valence-corrected chi connectivity index (χ1v) is 10.5. The second-order valence-corrected chi connectivity index (χ2v) is 8.37. The number of hydrogen-bond donors (Lipinski definition) is 1. The molecule has 1 aromatic carbocycles. The largest absolute Gasteiger partial charge is 0.336 e. The van der Waals surface area contributed by atoms with Crippen molar-refractivity contribution >= 4 is 39.8 Å². The highest BCUT2D eigenvalue weighted by Gasteiger charge is 2.30. The minimum absolute atomic E-state index is 0.0649. The Bertz CT molecular complexity index is 978. The number of anilines is 2. The van der Waals surface area contributed by atoms with E-state index in [4.69, 9.17) is 5.84 Å². The second-order valence-electron chi connectivity index (χ2n) is 6.59. The number of hydrogen-bond acceptors (Lipinski definition) is 7. The third-order valence-corrected chi connectivity index (χ3v) is 6.14. The fourth-order valence-electron chi connectivity index (χ4n) is 2.80. The fourth-order valence-corrected chi connectivity index (χ4v) is 4.55. The maximum atomic E-state index is 12.2. The topological polar surface area (TPSA) is 89.9 Å². The molecule has 4 rings (SSSR count). The third kappa shape index (κ3) is 3.84. The molecule has 7 nitrogen and oxygen atoms in total. The zero-order chi connectivity index (χ0) is 19.0. The SMILES string of the molecule is CC(=O)N(c1cccc(C)c1)c1nc(CSc2nnc(C3CC3)n2N)cs1. The molecule has 2 N–H and O–H groups in total. The highest BCUT2D eigenvalue weighted by Crippen LogP contribution is 2.39. The van der Waals surface area contributed by atoms with E-state index in [0.717, 1.165) is 35.6 Å². The Morgan fingerprint density at radius 2 is 2.22 bits per heavy atom. The number of nitrogens with two attached hydrogens (primary N) is 1. The normalized spacial score (nSPS) is 13.7. The lowest BCUT2D eigenvalue weighted by Gasteiger charge is -2.18. The van der Waals surface area contributed by atoms with Gasteiger partial charge in [0, 0.05) is 24.0 Å². The number of carbonyl (C=O) groups is 1. The Kier molecular flexibility index (Phi) is 4.88. The number of benzene rings is 1. The van der Waals surface area contributed by atoms with Crippen LogP contribution in [0.5, 0.6) is 0 Å². The Morgan fingerprint density at radius 1 is 1.41 bits per heavy atom. The van der Waals surface area contributed by atoms with Gasteiger partial charge < -0.3 is 5.84 Å². The minimum Gasteiger partial charge on any atom is -0.336 e. The molecule has 9 heteroatoms. The van der Waals surface area contributed by atoms with E-state index in [-0.39, 0.29) is 5.91 Å². The first-order valence-electron chi connectivity index (χ1n) is 8.68. The number of rotatable bonds is 6. The predicted molar refractivity (Wildman–Crippen MR) is 108 cm³/mol. The molecule has 0 radical (unpaired) electrons. The maximum Gasteiger partial charge on any atom is 0.230 e. The standard InChI is InChI=1S/C18H20N6OS2/c1-11-4-3-5-15(8-11)23(12(2)25)17-20-14(9-26-17)10-27-18-22-21-16(24(18)19)13-6-7-13/h3-5,8-9,13H,6-7,10,19H2,1-2H3. The van der Waals surface area contributed by atoms with Gasteiger partial charge in [0.25, 0.3) is 0 Å². The summed E-state index contributed by atoms with van der Waals surface area (Å²) in [6.07, 6.45) is 2.27. The molecular formula is C18H20N6OS2. The predicted octanol–water partition coefficient (Wildman–Crippen LogP) is 3.61. The number of amides is 1. The van der Waals surface area contributed by atoms with Crippen LogP contribution >= 0.6 is 23.1 Å². The maximum absolute atomic E-state index is 12.2. The summed E-state index contributed by atoms with van der Waals surface area (Å²) in [7, 11) is 0. The fraction of sp³-hybridized carbons (Fsp3) is 0.333. The number of nitrogens with zero attached hydrogens (tertiary/aromatic N) is 5. The van der Waals surface area contributed by atoms with Crippen molar-refractivity contribution in [1.82, 2.24) is 19.9 Å². The van der Waals surface area contributed by atoms with E-state index in [1.165, 1.54) is 23.1 Å². The molecule has 1 amide bonds. The van der Waals surface area contributed by atoms with Crippen LogP contribution in [-0.4, -0.2) is 25.8 Å². The molecule has 1 aliphatic rings. The number of aryl methyl sites for hydroxylation is 1. The molecule has 1 aliphatic carbocycles.